The molecular formula is C10H19NO5. The maximum absolute atomic E-state index is 10.0. The van der Waals surface area contributed by atoms with E-state index >= 15 is 0 Å². The molecule has 0 bridgehead atoms. The van der Waals surface area contributed by atoms with Gasteiger partial charge in [-0.05, 0) is 14.0 Å². The molecule has 0 rings (SSSR count). The summed E-state index contributed by atoms with van der Waals surface area (Å²) in [5.74, 6) is 0. The van der Waals surface area contributed by atoms with Crippen molar-refractivity contribution in [2.24, 2.45) is 0 Å². The summed E-state index contributed by atoms with van der Waals surface area (Å²) in [5, 5.41) is 8.31. The molecule has 0 aromatic heterocycles. The van der Waals surface area contributed by atoms with Gasteiger partial charge in [0, 0.05) is 0 Å². The van der Waals surface area contributed by atoms with Crippen molar-refractivity contribution in [1.29, 1.82) is 0 Å². The number of nitrogens with zero attached hydrogens (tertiary/aromatic N) is 1. The van der Waals surface area contributed by atoms with Gasteiger partial charge in [-0.3, -0.25) is 4.90 Å². The Hall–Kier alpha value is -1.11. The van der Waals surface area contributed by atoms with E-state index in [1.807, 2.05) is 14.0 Å². The average Bonchev–Trinajstić information content (AvgIpc) is 2.26. The fourth-order valence-electron chi connectivity index (χ4n) is 0.877. The number of ether oxygens (including phenoxy) is 3. The van der Waals surface area contributed by atoms with E-state index in [4.69, 9.17) is 19.3 Å². The van der Waals surface area contributed by atoms with Crippen LogP contribution in [0.2, 0.25) is 0 Å². The molecule has 0 amide bonds. The number of carbonyl (C=O) groups is 1. The molecule has 1 N–H and O–H groups in total. The second kappa shape index (κ2) is 10.4. The molecule has 1 unspecified atom stereocenters. The fourth-order valence-corrected chi connectivity index (χ4v) is 0.877. The van der Waals surface area contributed by atoms with Crippen molar-refractivity contribution in [2.45, 2.75) is 13.0 Å². The van der Waals surface area contributed by atoms with E-state index in [0.717, 1.165) is 6.26 Å². The van der Waals surface area contributed by atoms with Gasteiger partial charge in [0.1, 0.15) is 38.9 Å². The molecule has 0 aliphatic heterocycles. The first-order valence-corrected chi connectivity index (χ1v) is 4.93. The van der Waals surface area contributed by atoms with E-state index in [2.05, 4.69) is 0 Å². The Morgan fingerprint density at radius 1 is 1.44 bits per heavy atom. The Bertz CT molecular complexity index is 198. The zero-order valence-electron chi connectivity index (χ0n) is 9.67. The summed E-state index contributed by atoms with van der Waals surface area (Å²) in [6.45, 7) is 3.03. The Morgan fingerprint density at radius 3 is 2.81 bits per heavy atom. The number of aliphatic hydroxyl groups excluding tert-OH is 1. The molecule has 0 aromatic carbocycles. The summed E-state index contributed by atoms with van der Waals surface area (Å²) in [7, 11) is 1.81. The average molecular weight is 233 g/mol. The van der Waals surface area contributed by atoms with Gasteiger partial charge in [-0.15, -0.1) is 0 Å². The number of aliphatic hydroxyl groups is 1. The van der Waals surface area contributed by atoms with Gasteiger partial charge >= 0.3 is 0 Å². The topological polar surface area (TPSA) is 68.2 Å². The van der Waals surface area contributed by atoms with Crippen LogP contribution in [-0.4, -0.2) is 56.1 Å². The van der Waals surface area contributed by atoms with Gasteiger partial charge in [0.05, 0.1) is 12.7 Å². The molecule has 16 heavy (non-hydrogen) atoms. The monoisotopic (exact) mass is 233 g/mol. The van der Waals surface area contributed by atoms with Crippen LogP contribution in [-0.2, 0) is 19.0 Å². The Labute approximate surface area is 95.4 Å². The van der Waals surface area contributed by atoms with Crippen LogP contribution < -0.4 is 0 Å². The van der Waals surface area contributed by atoms with Crippen molar-refractivity contribution in [1.82, 2.24) is 4.90 Å². The lowest BCUT2D eigenvalue weighted by Gasteiger charge is -2.17. The first kappa shape index (κ1) is 14.9. The number of aldehydes is 1. The summed E-state index contributed by atoms with van der Waals surface area (Å²) in [6.07, 6.45) is 2.60. The molecule has 0 saturated heterocycles. The summed E-state index contributed by atoms with van der Waals surface area (Å²) >= 11 is 0. The third-order valence-corrected chi connectivity index (χ3v) is 1.57. The third kappa shape index (κ3) is 9.45. The summed E-state index contributed by atoms with van der Waals surface area (Å²) in [4.78, 5) is 11.8. The Kier molecular flexibility index (Phi) is 9.69. The highest BCUT2D eigenvalue weighted by atomic mass is 16.5. The molecule has 0 fully saturated rings. The minimum atomic E-state index is -0.114. The van der Waals surface area contributed by atoms with Gasteiger partial charge in [-0.25, -0.2) is 0 Å². The normalized spacial score (nSPS) is 13.2. The zero-order chi connectivity index (χ0) is 12.2. The van der Waals surface area contributed by atoms with Crippen molar-refractivity contribution in [3.8, 4) is 0 Å². The van der Waals surface area contributed by atoms with E-state index < -0.39 is 0 Å². The molecule has 0 spiro atoms. The molecule has 1 atom stereocenters. The van der Waals surface area contributed by atoms with Gasteiger partial charge in [-0.1, -0.05) is 0 Å². The van der Waals surface area contributed by atoms with Crippen LogP contribution in [0.1, 0.15) is 6.92 Å². The molecule has 6 heteroatoms. The van der Waals surface area contributed by atoms with E-state index in [-0.39, 0.29) is 12.7 Å². The van der Waals surface area contributed by atoms with Crippen LogP contribution >= 0.6 is 0 Å². The molecular weight excluding hydrogens is 214 g/mol. The molecule has 0 aromatic rings. The molecule has 6 nitrogen and oxygen atoms in total. The Morgan fingerprint density at radius 2 is 2.19 bits per heavy atom. The second-order valence-corrected chi connectivity index (χ2v) is 3.25. The standard InChI is InChI=1S/C10H19NO5/c1-10(16-6-4-13)7-15-9-11(2)8-14-5-3-12/h3-5,10,12H,6-9H2,1-2H3/b5-3-. The van der Waals surface area contributed by atoms with E-state index in [0.29, 0.717) is 26.4 Å². The number of hydrogen-bond donors (Lipinski definition) is 1. The molecule has 94 valence electrons. The minimum Gasteiger partial charge on any atom is -0.512 e. The van der Waals surface area contributed by atoms with Crippen LogP contribution in [0.15, 0.2) is 12.5 Å². The highest BCUT2D eigenvalue weighted by Crippen LogP contribution is 1.93. The summed E-state index contributed by atoms with van der Waals surface area (Å²) in [6, 6.07) is 0. The van der Waals surface area contributed by atoms with Gasteiger partial charge in [0.25, 0.3) is 0 Å². The lowest BCUT2D eigenvalue weighted by atomic mass is 10.4. The van der Waals surface area contributed by atoms with E-state index in [9.17, 15) is 4.79 Å². The smallest absolute Gasteiger partial charge is 0.145 e. The van der Waals surface area contributed by atoms with Crippen LogP contribution in [0.3, 0.4) is 0 Å². The second-order valence-electron chi connectivity index (χ2n) is 3.25. The van der Waals surface area contributed by atoms with Crippen molar-refractivity contribution in [3.05, 3.63) is 12.5 Å². The van der Waals surface area contributed by atoms with Gasteiger partial charge in [0.2, 0.25) is 0 Å². The van der Waals surface area contributed by atoms with Crippen LogP contribution in [0, 0.1) is 0 Å². The lowest BCUT2D eigenvalue weighted by Crippen LogP contribution is -2.27. The molecule has 0 aliphatic rings. The van der Waals surface area contributed by atoms with Crippen LogP contribution in [0.4, 0.5) is 0 Å². The molecule has 0 saturated carbocycles. The highest BCUT2D eigenvalue weighted by Gasteiger charge is 2.03. The van der Waals surface area contributed by atoms with Crippen LogP contribution in [0.5, 0.6) is 0 Å². The minimum absolute atomic E-state index is 0.0881. The van der Waals surface area contributed by atoms with Gasteiger partial charge < -0.3 is 24.1 Å². The zero-order valence-corrected chi connectivity index (χ0v) is 9.67. The molecule has 0 aliphatic carbocycles. The van der Waals surface area contributed by atoms with Crippen molar-refractivity contribution < 1.29 is 24.1 Å². The molecule has 0 heterocycles. The van der Waals surface area contributed by atoms with Crippen molar-refractivity contribution in [3.63, 3.8) is 0 Å². The van der Waals surface area contributed by atoms with E-state index in [1.54, 1.807) is 4.90 Å². The maximum atomic E-state index is 10.0. The van der Waals surface area contributed by atoms with Crippen molar-refractivity contribution >= 4 is 6.29 Å². The highest BCUT2D eigenvalue weighted by molar-refractivity contribution is 5.50. The van der Waals surface area contributed by atoms with Crippen molar-refractivity contribution in [2.75, 3.05) is 33.7 Å². The molecule has 0 radical (unpaired) electrons. The Balaban J connectivity index is 3.38. The maximum Gasteiger partial charge on any atom is 0.145 e. The predicted octanol–water partition coefficient (Wildman–Crippen LogP) is 0.500. The third-order valence-electron chi connectivity index (χ3n) is 1.57. The summed E-state index contributed by atoms with van der Waals surface area (Å²) < 4.78 is 15.3. The van der Waals surface area contributed by atoms with Gasteiger partial charge in [-0.2, -0.15) is 0 Å². The van der Waals surface area contributed by atoms with Gasteiger partial charge in [0.15, 0.2) is 0 Å². The first-order chi connectivity index (χ1) is 7.70. The predicted molar refractivity (Wildman–Crippen MR) is 57.8 cm³/mol. The summed E-state index contributed by atoms with van der Waals surface area (Å²) in [5.41, 5.74) is 0. The number of hydrogen-bond acceptors (Lipinski definition) is 6. The SMILES string of the molecule is CC(COCN(C)CO/C=C\O)OCC=O. The van der Waals surface area contributed by atoms with Crippen LogP contribution in [0.25, 0.3) is 0 Å². The first-order valence-electron chi connectivity index (χ1n) is 4.93. The van der Waals surface area contributed by atoms with E-state index in [1.165, 1.54) is 6.26 Å². The quantitative estimate of drug-likeness (QED) is 0.336. The largest absolute Gasteiger partial charge is 0.512 e. The number of rotatable bonds is 10. The fraction of sp³-hybridized carbons (Fsp3) is 0.700. The lowest BCUT2D eigenvalue weighted by molar-refractivity contribution is -0.115. The number of carbonyl (C=O) groups excluding carboxylic acids is 1.